The standard InChI is InChI=1S/C24H26N2O13S/c1-35-23(27)22(18-7-4-3-5-8-18)21(17-10-12-20(13-11-17)40(2,33)34)16-37-24(28)36-14-6-9-19(39-26(31)32)15-38-25(29)30/h3-5,7-8,10-13,19H,6,9,14-16H2,1-2H3. The minimum atomic E-state index is -3.50. The van der Waals surface area contributed by atoms with Crippen LogP contribution in [0.1, 0.15) is 24.0 Å². The van der Waals surface area contributed by atoms with E-state index < -0.39 is 51.5 Å². The van der Waals surface area contributed by atoms with Crippen LogP contribution in [-0.4, -0.2) is 70.0 Å². The number of sulfone groups is 1. The largest absolute Gasteiger partial charge is 0.508 e. The van der Waals surface area contributed by atoms with Crippen molar-refractivity contribution in [3.05, 3.63) is 86.0 Å². The van der Waals surface area contributed by atoms with Crippen molar-refractivity contribution in [2.75, 3.05) is 33.2 Å². The Kier molecular flexibility index (Phi) is 11.8. The summed E-state index contributed by atoms with van der Waals surface area (Å²) in [6.45, 7) is -1.44. The lowest BCUT2D eigenvalue weighted by Crippen LogP contribution is -2.25. The highest BCUT2D eigenvalue weighted by Gasteiger charge is 2.22. The van der Waals surface area contributed by atoms with Crippen molar-refractivity contribution in [2.45, 2.75) is 23.8 Å². The number of nitrogens with zero attached hydrogens (tertiary/aromatic N) is 2. The summed E-state index contributed by atoms with van der Waals surface area (Å²) in [7, 11) is -2.32. The first kappa shape index (κ1) is 31.5. The maximum Gasteiger partial charge on any atom is 0.508 e. The quantitative estimate of drug-likeness (QED) is 0.0741. The molecular formula is C24H26N2O13S. The molecule has 0 radical (unpaired) electrons. The molecule has 0 N–H and O–H groups in total. The van der Waals surface area contributed by atoms with E-state index in [0.29, 0.717) is 11.1 Å². The second-order valence-corrected chi connectivity index (χ2v) is 10.0. The molecule has 1 unspecified atom stereocenters. The average molecular weight is 583 g/mol. The van der Waals surface area contributed by atoms with E-state index in [0.717, 1.165) is 6.26 Å². The van der Waals surface area contributed by atoms with E-state index in [1.54, 1.807) is 30.3 Å². The van der Waals surface area contributed by atoms with E-state index in [2.05, 4.69) is 9.68 Å². The number of methoxy groups -OCH3 is 1. The molecule has 1 atom stereocenters. The van der Waals surface area contributed by atoms with Gasteiger partial charge in [0.05, 0.1) is 24.2 Å². The van der Waals surface area contributed by atoms with E-state index in [1.807, 2.05) is 0 Å². The Morgan fingerprint density at radius 3 is 2.12 bits per heavy atom. The summed E-state index contributed by atoms with van der Waals surface area (Å²) in [4.78, 5) is 54.3. The Morgan fingerprint density at radius 2 is 1.57 bits per heavy atom. The summed E-state index contributed by atoms with van der Waals surface area (Å²) in [5.74, 6) is -0.737. The number of esters is 1. The predicted octanol–water partition coefficient (Wildman–Crippen LogP) is 2.89. The maximum atomic E-state index is 12.8. The van der Waals surface area contributed by atoms with Crippen LogP contribution in [0.4, 0.5) is 4.79 Å². The van der Waals surface area contributed by atoms with Gasteiger partial charge in [-0.1, -0.05) is 42.5 Å². The van der Waals surface area contributed by atoms with Gasteiger partial charge in [-0.15, -0.1) is 20.2 Å². The van der Waals surface area contributed by atoms with Crippen molar-refractivity contribution in [3.63, 3.8) is 0 Å². The first-order valence-corrected chi connectivity index (χ1v) is 13.4. The fraction of sp³-hybridized carbons (Fsp3) is 0.333. The van der Waals surface area contributed by atoms with Gasteiger partial charge in [0.1, 0.15) is 19.3 Å². The smallest absolute Gasteiger partial charge is 0.465 e. The molecule has 0 aromatic heterocycles. The molecule has 0 spiro atoms. The molecule has 0 saturated heterocycles. The molecule has 15 nitrogen and oxygen atoms in total. The van der Waals surface area contributed by atoms with Crippen LogP contribution in [0.3, 0.4) is 0 Å². The minimum Gasteiger partial charge on any atom is -0.465 e. The van der Waals surface area contributed by atoms with Gasteiger partial charge < -0.3 is 23.9 Å². The van der Waals surface area contributed by atoms with Crippen LogP contribution in [0, 0.1) is 20.2 Å². The molecule has 2 rings (SSSR count). The Bertz CT molecular complexity index is 1330. The van der Waals surface area contributed by atoms with Crippen LogP contribution in [0.15, 0.2) is 59.5 Å². The third kappa shape index (κ3) is 10.2. The van der Waals surface area contributed by atoms with Gasteiger partial charge in [0.2, 0.25) is 0 Å². The Labute approximate surface area is 228 Å². The molecular weight excluding hydrogens is 556 g/mol. The van der Waals surface area contributed by atoms with Crippen molar-refractivity contribution in [1.29, 1.82) is 0 Å². The highest BCUT2D eigenvalue weighted by atomic mass is 32.2. The van der Waals surface area contributed by atoms with Gasteiger partial charge in [-0.05, 0) is 36.1 Å². The van der Waals surface area contributed by atoms with E-state index in [4.69, 9.17) is 14.2 Å². The molecule has 0 fully saturated rings. The van der Waals surface area contributed by atoms with Crippen molar-refractivity contribution in [3.8, 4) is 0 Å². The number of benzene rings is 2. The van der Waals surface area contributed by atoms with Crippen molar-refractivity contribution < 1.29 is 52.1 Å². The summed E-state index contributed by atoms with van der Waals surface area (Å²) in [5, 5.41) is 18.6. The summed E-state index contributed by atoms with van der Waals surface area (Å²) in [6.07, 6.45) is -1.46. The van der Waals surface area contributed by atoms with Gasteiger partial charge in [-0.3, -0.25) is 0 Å². The molecule has 16 heteroatoms. The molecule has 216 valence electrons. The van der Waals surface area contributed by atoms with E-state index in [9.17, 15) is 38.2 Å². The molecule has 0 heterocycles. The van der Waals surface area contributed by atoms with Gasteiger partial charge in [-0.25, -0.2) is 18.0 Å². The highest BCUT2D eigenvalue weighted by Crippen LogP contribution is 2.29. The number of carbonyl (C=O) groups is 2. The average Bonchev–Trinajstić information content (AvgIpc) is 2.91. The van der Waals surface area contributed by atoms with Crippen molar-refractivity contribution in [2.24, 2.45) is 0 Å². The lowest BCUT2D eigenvalue weighted by atomic mass is 9.95. The zero-order chi connectivity index (χ0) is 29.7. The van der Waals surface area contributed by atoms with Crippen LogP contribution in [0.2, 0.25) is 0 Å². The number of carbonyl (C=O) groups excluding carboxylic acids is 2. The Morgan fingerprint density at radius 1 is 0.925 bits per heavy atom. The monoisotopic (exact) mass is 582 g/mol. The molecule has 0 amide bonds. The normalized spacial score (nSPS) is 12.3. The zero-order valence-electron chi connectivity index (χ0n) is 21.4. The fourth-order valence-corrected chi connectivity index (χ4v) is 4.03. The third-order valence-corrected chi connectivity index (χ3v) is 6.34. The summed E-state index contributed by atoms with van der Waals surface area (Å²) < 4.78 is 38.9. The second-order valence-electron chi connectivity index (χ2n) is 8.01. The molecule has 2 aromatic rings. The van der Waals surface area contributed by atoms with Crippen molar-refractivity contribution in [1.82, 2.24) is 0 Å². The van der Waals surface area contributed by atoms with Crippen LogP contribution >= 0.6 is 0 Å². The summed E-state index contributed by atoms with van der Waals surface area (Å²) >= 11 is 0. The Hall–Kier alpha value is -4.73. The van der Waals surface area contributed by atoms with E-state index in [1.165, 1.54) is 31.4 Å². The molecule has 0 aliphatic rings. The summed E-state index contributed by atoms with van der Waals surface area (Å²) in [5.41, 5.74) is 1.08. The zero-order valence-corrected chi connectivity index (χ0v) is 22.2. The van der Waals surface area contributed by atoms with Crippen molar-refractivity contribution >= 4 is 33.1 Å². The molecule has 0 aliphatic heterocycles. The molecule has 0 aliphatic carbocycles. The predicted molar refractivity (Wildman–Crippen MR) is 136 cm³/mol. The van der Waals surface area contributed by atoms with Crippen LogP contribution < -0.4 is 0 Å². The molecule has 0 bridgehead atoms. The highest BCUT2D eigenvalue weighted by molar-refractivity contribution is 7.90. The van der Waals surface area contributed by atoms with Crippen LogP contribution in [0.25, 0.3) is 11.1 Å². The molecule has 0 saturated carbocycles. The molecule has 40 heavy (non-hydrogen) atoms. The first-order valence-electron chi connectivity index (χ1n) is 11.5. The molecule has 2 aromatic carbocycles. The fourth-order valence-electron chi connectivity index (χ4n) is 3.40. The van der Waals surface area contributed by atoms with E-state index >= 15 is 0 Å². The van der Waals surface area contributed by atoms with Crippen LogP contribution in [0.5, 0.6) is 0 Å². The van der Waals surface area contributed by atoms with E-state index in [-0.39, 0.29) is 35.5 Å². The SMILES string of the molecule is COC(=O)C(=C(COC(=O)OCCCC(CO[N+](=O)[O-])O[N+](=O)[O-])c1ccc(S(C)(=O)=O)cc1)c1ccccc1. The maximum absolute atomic E-state index is 12.8. The van der Waals surface area contributed by atoms with Gasteiger partial charge in [-0.2, -0.15) is 0 Å². The van der Waals surface area contributed by atoms with Gasteiger partial charge in [0.15, 0.2) is 9.84 Å². The number of rotatable bonds is 15. The summed E-state index contributed by atoms with van der Waals surface area (Å²) in [6, 6.07) is 14.0. The third-order valence-electron chi connectivity index (χ3n) is 5.21. The first-order chi connectivity index (χ1) is 18.9. The minimum absolute atomic E-state index is 0.0156. The van der Waals surface area contributed by atoms with Gasteiger partial charge >= 0.3 is 12.1 Å². The van der Waals surface area contributed by atoms with Gasteiger partial charge in [0, 0.05) is 11.8 Å². The topological polar surface area (TPSA) is 201 Å². The number of hydrogen-bond donors (Lipinski definition) is 0. The second kappa shape index (κ2) is 15.0. The number of ether oxygens (including phenoxy) is 3. The lowest BCUT2D eigenvalue weighted by Gasteiger charge is -2.16. The number of hydrogen-bond acceptors (Lipinski definition) is 13. The van der Waals surface area contributed by atoms with Gasteiger partial charge in [0.25, 0.3) is 10.2 Å². The Balaban J connectivity index is 2.19. The lowest BCUT2D eigenvalue weighted by molar-refractivity contribution is -0.790. The van der Waals surface area contributed by atoms with Crippen LogP contribution in [-0.2, 0) is 38.5 Å².